The van der Waals surface area contributed by atoms with Crippen molar-refractivity contribution in [2.24, 2.45) is 0 Å². The molecule has 0 aliphatic rings. The summed E-state index contributed by atoms with van der Waals surface area (Å²) in [5.41, 5.74) is 0.769. The predicted molar refractivity (Wildman–Crippen MR) is 49.0 cm³/mol. The Kier molecular flexibility index (Phi) is 1.94. The van der Waals surface area contributed by atoms with E-state index in [1.54, 1.807) is 6.20 Å². The first-order chi connectivity index (χ1) is 5.75. The lowest BCUT2D eigenvalue weighted by molar-refractivity contribution is 0.554. The minimum absolute atomic E-state index is 0.359. The third kappa shape index (κ3) is 1.40. The highest BCUT2D eigenvalue weighted by Gasteiger charge is 2.05. The van der Waals surface area contributed by atoms with Crippen LogP contribution in [0, 0.1) is 0 Å². The Morgan fingerprint density at radius 1 is 1.50 bits per heavy atom. The monoisotopic (exact) mass is 246 g/mol. The van der Waals surface area contributed by atoms with Crippen molar-refractivity contribution in [2.75, 3.05) is 0 Å². The number of aromatic amines is 1. The van der Waals surface area contributed by atoms with E-state index in [1.165, 1.54) is 0 Å². The van der Waals surface area contributed by atoms with Crippen molar-refractivity contribution in [1.82, 2.24) is 9.97 Å². The van der Waals surface area contributed by atoms with Gasteiger partial charge in [-0.1, -0.05) is 0 Å². The lowest BCUT2D eigenvalue weighted by atomic mass is 10.4. The molecule has 0 unspecified atom stereocenters. The van der Waals surface area contributed by atoms with Gasteiger partial charge < -0.3 is 9.40 Å². The lowest BCUT2D eigenvalue weighted by Crippen LogP contribution is -1.69. The van der Waals surface area contributed by atoms with Gasteiger partial charge in [0.1, 0.15) is 5.69 Å². The number of H-pyrrole nitrogens is 1. The van der Waals surface area contributed by atoms with E-state index < -0.39 is 0 Å². The molecule has 0 aromatic carbocycles. The molecule has 5 heteroatoms. The van der Waals surface area contributed by atoms with Crippen molar-refractivity contribution < 1.29 is 4.42 Å². The molecule has 0 radical (unpaired) electrons. The molecular formula is C7H4BrClN2O. The standard InChI is InChI=1S/C7H4BrClN2O/c8-6-2-1-5(12-6)4-3-10-7(9)11-4/h1-3H,(H,10,11). The number of furan rings is 1. The molecule has 62 valence electrons. The highest BCUT2D eigenvalue weighted by Crippen LogP contribution is 2.23. The molecule has 2 aromatic rings. The predicted octanol–water partition coefficient (Wildman–Crippen LogP) is 3.09. The van der Waals surface area contributed by atoms with E-state index in [4.69, 9.17) is 16.0 Å². The summed E-state index contributed by atoms with van der Waals surface area (Å²) in [5.74, 6) is 0.710. The zero-order chi connectivity index (χ0) is 8.55. The van der Waals surface area contributed by atoms with Crippen LogP contribution in [-0.2, 0) is 0 Å². The van der Waals surface area contributed by atoms with Crippen LogP contribution in [0.1, 0.15) is 0 Å². The number of aromatic nitrogens is 2. The summed E-state index contributed by atoms with van der Waals surface area (Å²) in [6, 6.07) is 3.64. The number of hydrogen-bond acceptors (Lipinski definition) is 2. The van der Waals surface area contributed by atoms with Crippen LogP contribution in [0.25, 0.3) is 11.5 Å². The number of nitrogens with one attached hydrogen (secondary N) is 1. The van der Waals surface area contributed by atoms with Crippen LogP contribution in [0.5, 0.6) is 0 Å². The Morgan fingerprint density at radius 3 is 2.83 bits per heavy atom. The summed E-state index contributed by atoms with van der Waals surface area (Å²) in [5, 5.41) is 0.359. The van der Waals surface area contributed by atoms with Gasteiger partial charge in [-0.2, -0.15) is 0 Å². The molecule has 0 amide bonds. The molecule has 2 rings (SSSR count). The second-order valence-corrected chi connectivity index (χ2v) is 3.33. The van der Waals surface area contributed by atoms with Gasteiger partial charge >= 0.3 is 0 Å². The van der Waals surface area contributed by atoms with Gasteiger partial charge in [-0.25, -0.2) is 4.98 Å². The second kappa shape index (κ2) is 2.95. The van der Waals surface area contributed by atoms with E-state index in [2.05, 4.69) is 25.9 Å². The van der Waals surface area contributed by atoms with Gasteiger partial charge in [0.2, 0.25) is 5.28 Å². The highest BCUT2D eigenvalue weighted by molar-refractivity contribution is 9.10. The van der Waals surface area contributed by atoms with Crippen molar-refractivity contribution in [2.45, 2.75) is 0 Å². The van der Waals surface area contributed by atoms with Crippen LogP contribution in [0.4, 0.5) is 0 Å². The molecule has 3 nitrogen and oxygen atoms in total. The van der Waals surface area contributed by atoms with Crippen LogP contribution in [0.3, 0.4) is 0 Å². The maximum absolute atomic E-state index is 5.60. The SMILES string of the molecule is Clc1ncc(-c2ccc(Br)o2)[nH]1. The van der Waals surface area contributed by atoms with Gasteiger partial charge in [-0.05, 0) is 39.7 Å². The molecule has 2 heterocycles. The summed E-state index contributed by atoms with van der Waals surface area (Å²) in [6.45, 7) is 0. The van der Waals surface area contributed by atoms with Crippen LogP contribution < -0.4 is 0 Å². The first-order valence-electron chi connectivity index (χ1n) is 3.22. The summed E-state index contributed by atoms with van der Waals surface area (Å²) >= 11 is 8.80. The van der Waals surface area contributed by atoms with Gasteiger partial charge in [0.15, 0.2) is 10.4 Å². The van der Waals surface area contributed by atoms with E-state index in [0.29, 0.717) is 15.7 Å². The van der Waals surface area contributed by atoms with Gasteiger partial charge in [-0.15, -0.1) is 0 Å². The summed E-state index contributed by atoms with van der Waals surface area (Å²) in [7, 11) is 0. The first kappa shape index (κ1) is 7.89. The molecule has 0 saturated heterocycles. The molecule has 0 aliphatic heterocycles. The Balaban J connectivity index is 2.43. The second-order valence-electron chi connectivity index (χ2n) is 2.19. The smallest absolute Gasteiger partial charge is 0.200 e. The van der Waals surface area contributed by atoms with Gasteiger partial charge in [0.25, 0.3) is 0 Å². The fourth-order valence-electron chi connectivity index (χ4n) is 0.881. The molecule has 2 aromatic heterocycles. The summed E-state index contributed by atoms with van der Waals surface area (Å²) in [6.07, 6.45) is 1.62. The average Bonchev–Trinajstić information content (AvgIpc) is 2.58. The van der Waals surface area contributed by atoms with Crippen LogP contribution >= 0.6 is 27.5 Å². The minimum Gasteiger partial charge on any atom is -0.448 e. The Hall–Kier alpha value is -0.740. The van der Waals surface area contributed by atoms with Crippen molar-refractivity contribution >= 4 is 27.5 Å². The van der Waals surface area contributed by atoms with Crippen molar-refractivity contribution in [3.05, 3.63) is 28.3 Å². The quantitative estimate of drug-likeness (QED) is 0.841. The van der Waals surface area contributed by atoms with Gasteiger partial charge in [-0.3, -0.25) is 0 Å². The Bertz CT molecular complexity index is 357. The average molecular weight is 247 g/mol. The molecule has 0 saturated carbocycles. The molecule has 12 heavy (non-hydrogen) atoms. The zero-order valence-corrected chi connectivity index (χ0v) is 8.19. The lowest BCUT2D eigenvalue weighted by Gasteiger charge is -1.87. The molecule has 0 bridgehead atoms. The van der Waals surface area contributed by atoms with Crippen molar-refractivity contribution in [3.8, 4) is 11.5 Å². The molecule has 1 N–H and O–H groups in total. The Labute approximate surface area is 81.9 Å². The van der Waals surface area contributed by atoms with E-state index >= 15 is 0 Å². The molecule has 0 atom stereocenters. The fraction of sp³-hybridized carbons (Fsp3) is 0. The summed E-state index contributed by atoms with van der Waals surface area (Å²) in [4.78, 5) is 6.68. The summed E-state index contributed by atoms with van der Waals surface area (Å²) < 4.78 is 5.95. The van der Waals surface area contributed by atoms with Crippen LogP contribution in [0.15, 0.2) is 27.4 Å². The first-order valence-corrected chi connectivity index (χ1v) is 4.39. The van der Waals surface area contributed by atoms with Gasteiger partial charge in [0.05, 0.1) is 6.20 Å². The van der Waals surface area contributed by atoms with E-state index in [0.717, 1.165) is 5.69 Å². The number of nitrogens with zero attached hydrogens (tertiary/aromatic N) is 1. The third-order valence-corrected chi connectivity index (χ3v) is 2.00. The fourth-order valence-corrected chi connectivity index (χ4v) is 1.34. The zero-order valence-electron chi connectivity index (χ0n) is 5.84. The third-order valence-electron chi connectivity index (χ3n) is 1.38. The number of hydrogen-bond donors (Lipinski definition) is 1. The molecule has 0 aliphatic carbocycles. The van der Waals surface area contributed by atoms with Crippen molar-refractivity contribution in [3.63, 3.8) is 0 Å². The minimum atomic E-state index is 0.359. The van der Waals surface area contributed by atoms with E-state index in [9.17, 15) is 0 Å². The highest BCUT2D eigenvalue weighted by atomic mass is 79.9. The number of imidazole rings is 1. The van der Waals surface area contributed by atoms with Crippen LogP contribution in [0.2, 0.25) is 5.28 Å². The Morgan fingerprint density at radius 2 is 2.33 bits per heavy atom. The van der Waals surface area contributed by atoms with Crippen molar-refractivity contribution in [1.29, 1.82) is 0 Å². The molecule has 0 spiro atoms. The van der Waals surface area contributed by atoms with Crippen LogP contribution in [-0.4, -0.2) is 9.97 Å². The normalized spacial score (nSPS) is 10.5. The van der Waals surface area contributed by atoms with E-state index in [-0.39, 0.29) is 0 Å². The molecule has 0 fully saturated rings. The number of halogens is 2. The molecular weight excluding hydrogens is 243 g/mol. The largest absolute Gasteiger partial charge is 0.448 e. The number of rotatable bonds is 1. The maximum Gasteiger partial charge on any atom is 0.200 e. The maximum atomic E-state index is 5.60. The van der Waals surface area contributed by atoms with E-state index in [1.807, 2.05) is 12.1 Å². The van der Waals surface area contributed by atoms with Gasteiger partial charge in [0, 0.05) is 0 Å². The topological polar surface area (TPSA) is 41.8 Å².